The molecule has 6 rings (SSSR count). The van der Waals surface area contributed by atoms with Crippen molar-refractivity contribution in [3.8, 4) is 22.8 Å². The summed E-state index contributed by atoms with van der Waals surface area (Å²) >= 11 is 2.52. The van der Waals surface area contributed by atoms with Crippen LogP contribution in [0.2, 0.25) is 0 Å². The minimum atomic E-state index is -0.705. The van der Waals surface area contributed by atoms with Gasteiger partial charge in [-0.3, -0.25) is 14.4 Å². The van der Waals surface area contributed by atoms with Crippen molar-refractivity contribution < 1.29 is 26.1 Å². The number of hydrogen-bond donors (Lipinski definition) is 2. The van der Waals surface area contributed by atoms with Gasteiger partial charge in [0.05, 0.1) is 34.2 Å². The molecule has 15 heteroatoms. The molecule has 0 aliphatic carbocycles. The molecule has 0 aliphatic rings. The summed E-state index contributed by atoms with van der Waals surface area (Å²) in [4.78, 5) is 35.9. The van der Waals surface area contributed by atoms with Gasteiger partial charge in [0, 0.05) is 20.8 Å². The minimum Gasteiger partial charge on any atom is -0.472 e. The molecule has 0 saturated carbocycles. The monoisotopic (exact) mass is 718 g/mol. The Kier molecular flexibility index (Phi) is 13.8. The van der Waals surface area contributed by atoms with Gasteiger partial charge in [-0.1, -0.05) is 73.8 Å². The molecule has 264 valence electrons. The van der Waals surface area contributed by atoms with Crippen molar-refractivity contribution >= 4 is 53.1 Å². The van der Waals surface area contributed by atoms with E-state index >= 15 is 0 Å². The molecule has 6 aromatic rings. The van der Waals surface area contributed by atoms with Gasteiger partial charge >= 0.3 is 0 Å². The Labute approximate surface area is 301 Å². The zero-order chi connectivity index (χ0) is 35.9. The molecule has 13 nitrogen and oxygen atoms in total. The van der Waals surface area contributed by atoms with E-state index < -0.39 is 4.75 Å². The maximum Gasteiger partial charge on any atom is 0.240 e. The van der Waals surface area contributed by atoms with Gasteiger partial charge in [-0.15, -0.1) is 20.4 Å². The molecule has 50 heavy (non-hydrogen) atoms. The van der Waals surface area contributed by atoms with Crippen LogP contribution in [-0.4, -0.2) is 58.3 Å². The third-order valence-corrected chi connectivity index (χ3v) is 8.80. The van der Waals surface area contributed by atoms with Gasteiger partial charge in [0.2, 0.25) is 18.2 Å². The smallest absolute Gasteiger partial charge is 0.240 e. The van der Waals surface area contributed by atoms with E-state index in [2.05, 4.69) is 31.0 Å². The lowest BCUT2D eigenvalue weighted by molar-refractivity contribution is -0.117. The van der Waals surface area contributed by atoms with Crippen molar-refractivity contribution in [2.24, 2.45) is 0 Å². The number of carbonyl (C=O) groups excluding carboxylic acids is 3. The van der Waals surface area contributed by atoms with Crippen molar-refractivity contribution in [1.29, 1.82) is 0 Å². The van der Waals surface area contributed by atoms with Gasteiger partial charge in [0.25, 0.3) is 0 Å². The first kappa shape index (κ1) is 37.4. The third-order valence-electron chi connectivity index (χ3n) is 6.68. The number of benzene rings is 2. The Hall–Kier alpha value is -5.41. The van der Waals surface area contributed by atoms with Gasteiger partial charge in [-0.05, 0) is 57.2 Å². The average molecular weight is 719 g/mol. The van der Waals surface area contributed by atoms with Crippen LogP contribution in [0.25, 0.3) is 22.8 Å². The zero-order valence-corrected chi connectivity index (χ0v) is 29.9. The molecule has 0 atom stereocenters. The molecule has 2 amide bonds. The van der Waals surface area contributed by atoms with Gasteiger partial charge in [0.15, 0.2) is 22.0 Å². The molecule has 2 N–H and O–H groups in total. The van der Waals surface area contributed by atoms with Crippen molar-refractivity contribution in [3.63, 3.8) is 0 Å². The molecule has 2 aromatic carbocycles. The number of para-hydroxylation sites is 2. The highest BCUT2D eigenvalue weighted by Gasteiger charge is 2.32. The summed E-state index contributed by atoms with van der Waals surface area (Å²) < 4.78 is 12.7. The number of nitrogens with zero attached hydrogens (tertiary/aromatic N) is 6. The Balaban J connectivity index is 0.000000332. The average Bonchev–Trinajstić information content (AvgIpc) is 3.97. The molecule has 0 unspecified atom stereocenters. The molecule has 0 spiro atoms. The van der Waals surface area contributed by atoms with E-state index in [0.29, 0.717) is 40.3 Å². The maximum atomic E-state index is 12.7. The van der Waals surface area contributed by atoms with E-state index in [0.717, 1.165) is 28.8 Å². The van der Waals surface area contributed by atoms with Crippen LogP contribution in [0.1, 0.15) is 37.5 Å². The second kappa shape index (κ2) is 18.4. The molecule has 4 aromatic heterocycles. The van der Waals surface area contributed by atoms with E-state index in [1.165, 1.54) is 28.9 Å². The number of carbonyl (C=O) groups is 3. The summed E-state index contributed by atoms with van der Waals surface area (Å²) in [5.41, 5.74) is 3.00. The molecule has 0 bridgehead atoms. The van der Waals surface area contributed by atoms with E-state index in [-0.39, 0.29) is 20.4 Å². The van der Waals surface area contributed by atoms with Crippen LogP contribution < -0.4 is 10.6 Å². The largest absolute Gasteiger partial charge is 0.472 e. The second-order valence-electron chi connectivity index (χ2n) is 10.5. The molecule has 0 saturated heterocycles. The van der Waals surface area contributed by atoms with E-state index in [1.54, 1.807) is 30.7 Å². The van der Waals surface area contributed by atoms with E-state index in [1.807, 2.05) is 93.8 Å². The third kappa shape index (κ3) is 9.83. The lowest BCUT2D eigenvalue weighted by atomic mass is 10.2. The molecule has 0 fully saturated rings. The van der Waals surface area contributed by atoms with Crippen molar-refractivity contribution in [3.05, 3.63) is 97.8 Å². The van der Waals surface area contributed by atoms with E-state index in [4.69, 9.17) is 8.83 Å². The minimum absolute atomic E-state index is 0. The van der Waals surface area contributed by atoms with Gasteiger partial charge in [0.1, 0.15) is 12.5 Å². The Bertz CT molecular complexity index is 1940. The number of furan rings is 2. The topological polar surface area (TPSA) is 163 Å². The van der Waals surface area contributed by atoms with Crippen LogP contribution in [0.4, 0.5) is 11.4 Å². The van der Waals surface area contributed by atoms with Crippen molar-refractivity contribution in [2.45, 2.75) is 56.2 Å². The van der Waals surface area contributed by atoms with Crippen molar-refractivity contribution in [2.75, 3.05) is 16.4 Å². The SMILES string of the molecule is CC.CCn1c(SC(C)(C)C(=O)Nc2ccccc2)nnc1-c1ccoc1.O=Cn1c(SCC(=O)Nc2ccccc2)nnc1-c1ccoc1.[HH].[HH]. The first-order valence-electron chi connectivity index (χ1n) is 15.7. The number of hydrogen-bond acceptors (Lipinski definition) is 11. The summed E-state index contributed by atoms with van der Waals surface area (Å²) in [5, 5.41) is 23.2. The summed E-state index contributed by atoms with van der Waals surface area (Å²) in [6.07, 6.45) is 6.81. The van der Waals surface area contributed by atoms with Gasteiger partial charge in [-0.25, -0.2) is 4.57 Å². The predicted molar refractivity (Wildman–Crippen MR) is 200 cm³/mol. The van der Waals surface area contributed by atoms with Crippen LogP contribution in [-0.2, 0) is 20.9 Å². The lowest BCUT2D eigenvalue weighted by Gasteiger charge is -2.22. The quantitative estimate of drug-likeness (QED) is 0.0934. The van der Waals surface area contributed by atoms with Gasteiger partial charge in [-0.2, -0.15) is 0 Å². The second-order valence-corrected chi connectivity index (χ2v) is 13.0. The molecule has 4 heterocycles. The standard InChI is InChI=1S/C18H20N4O2S.C15H12N4O3S.C2H6.2H2/c1-4-22-15(13-10-11-24-12-13)20-21-17(22)25-18(2,3)16(23)19-14-8-6-5-7-9-14;20-10-19-14(11-6-7-22-8-11)17-18-15(19)23-9-13(21)16-12-4-2-1-3-5-12;1-2;;/h5-12H,4H2,1-3H3,(H,19,23);1-8,10H,9H2,(H,16,21);1-2H3;2*1H. The van der Waals surface area contributed by atoms with Crippen LogP contribution in [0, 0.1) is 0 Å². The number of amides is 2. The van der Waals surface area contributed by atoms with Crippen molar-refractivity contribution in [1.82, 2.24) is 29.5 Å². The number of anilines is 2. The molecule has 0 radical (unpaired) electrons. The number of aromatic nitrogens is 6. The first-order chi connectivity index (χ1) is 24.3. The molecular formula is C35H42N8O5S2. The molecule has 0 aliphatic heterocycles. The maximum absolute atomic E-state index is 12.7. The van der Waals surface area contributed by atoms with Crippen LogP contribution >= 0.6 is 23.5 Å². The van der Waals surface area contributed by atoms with Crippen LogP contribution in [0.15, 0.2) is 117 Å². The van der Waals surface area contributed by atoms with Crippen LogP contribution in [0.3, 0.4) is 0 Å². The fraction of sp³-hybridized carbons (Fsp3) is 0.229. The fourth-order valence-electron chi connectivity index (χ4n) is 4.24. The highest BCUT2D eigenvalue weighted by molar-refractivity contribution is 8.01. The summed E-state index contributed by atoms with van der Waals surface area (Å²) in [6.45, 7) is 10.5. The van der Waals surface area contributed by atoms with E-state index in [9.17, 15) is 14.4 Å². The number of rotatable bonds is 12. The first-order valence-corrected chi connectivity index (χ1v) is 17.5. The Morgan fingerprint density at radius 1 is 0.800 bits per heavy atom. The normalized spacial score (nSPS) is 10.7. The summed E-state index contributed by atoms with van der Waals surface area (Å²) in [5.74, 6) is 0.954. The molecular weight excluding hydrogens is 677 g/mol. The van der Waals surface area contributed by atoms with Crippen LogP contribution in [0.5, 0.6) is 0 Å². The Morgan fingerprint density at radius 3 is 1.88 bits per heavy atom. The highest BCUT2D eigenvalue weighted by atomic mass is 32.2. The highest BCUT2D eigenvalue weighted by Crippen LogP contribution is 2.34. The zero-order valence-electron chi connectivity index (χ0n) is 28.3. The summed E-state index contributed by atoms with van der Waals surface area (Å²) in [6, 6.07) is 22.1. The number of nitrogens with one attached hydrogen (secondary N) is 2. The summed E-state index contributed by atoms with van der Waals surface area (Å²) in [7, 11) is 0. The lowest BCUT2D eigenvalue weighted by Crippen LogP contribution is -2.34. The number of thioether (sulfide) groups is 2. The predicted octanol–water partition coefficient (Wildman–Crippen LogP) is 7.89. The Morgan fingerprint density at radius 2 is 1.34 bits per heavy atom. The fourth-order valence-corrected chi connectivity index (χ4v) is 5.95. The van der Waals surface area contributed by atoms with Gasteiger partial charge < -0.3 is 24.0 Å².